The normalized spacial score (nSPS) is 12.9. The van der Waals surface area contributed by atoms with E-state index >= 15 is 0 Å². The second-order valence-electron chi connectivity index (χ2n) is 6.50. The van der Waals surface area contributed by atoms with Crippen LogP contribution < -0.4 is 4.74 Å². The molecule has 0 heterocycles. The van der Waals surface area contributed by atoms with E-state index in [1.807, 2.05) is 18.2 Å². The summed E-state index contributed by atoms with van der Waals surface area (Å²) in [6.45, 7) is 0. The maximum atomic E-state index is 13.7. The fourth-order valence-electron chi connectivity index (χ4n) is 2.97. The summed E-state index contributed by atoms with van der Waals surface area (Å²) in [7, 11) is 2.59. The van der Waals surface area contributed by atoms with Gasteiger partial charge in [0, 0.05) is 33.8 Å². The van der Waals surface area contributed by atoms with Gasteiger partial charge in [0.25, 0.3) is 0 Å². The largest absolute Gasteiger partial charge is 0.500 e. The van der Waals surface area contributed by atoms with E-state index in [0.717, 1.165) is 31.7 Å². The predicted molar refractivity (Wildman–Crippen MR) is 105 cm³/mol. The van der Waals surface area contributed by atoms with Gasteiger partial charge in [-0.1, -0.05) is 56.7 Å². The number of unbranched alkanes of at least 4 members (excludes halogenated alkanes) is 7. The third kappa shape index (κ3) is 9.66. The minimum absolute atomic E-state index is 0.465. The molecule has 0 fully saturated rings. The summed E-state index contributed by atoms with van der Waals surface area (Å²) in [5.41, 5.74) is 0. The van der Waals surface area contributed by atoms with Crippen molar-refractivity contribution in [2.75, 3.05) is 21.3 Å². The first-order valence-electron chi connectivity index (χ1n) is 9.67. The molecule has 0 aliphatic carbocycles. The van der Waals surface area contributed by atoms with Crippen molar-refractivity contribution in [2.45, 2.75) is 70.2 Å². The van der Waals surface area contributed by atoms with Crippen molar-refractivity contribution in [1.29, 1.82) is 0 Å². The van der Waals surface area contributed by atoms with Gasteiger partial charge in [-0.3, -0.25) is 0 Å². The van der Waals surface area contributed by atoms with Crippen molar-refractivity contribution in [1.82, 2.24) is 0 Å². The summed E-state index contributed by atoms with van der Waals surface area (Å²) in [6.07, 6.45) is 8.23. The van der Waals surface area contributed by atoms with Crippen molar-refractivity contribution < 1.29 is 22.4 Å². The maximum absolute atomic E-state index is 13.7. The lowest BCUT2D eigenvalue weighted by Gasteiger charge is -2.24. The first-order chi connectivity index (χ1) is 12.7. The molecule has 4 nitrogen and oxygen atoms in total. The number of rotatable bonds is 16. The van der Waals surface area contributed by atoms with Crippen molar-refractivity contribution in [2.24, 2.45) is 0 Å². The summed E-state index contributed by atoms with van der Waals surface area (Å²) in [4.78, 5) is 0. The number of hydrogen-bond acceptors (Lipinski definition) is 4. The molecule has 0 bridgehead atoms. The van der Waals surface area contributed by atoms with Crippen LogP contribution in [0.25, 0.3) is 0 Å². The van der Waals surface area contributed by atoms with Crippen LogP contribution in [-0.4, -0.2) is 36.5 Å². The Bertz CT molecular complexity index is 434. The molecule has 6 heteroatoms. The minimum atomic E-state index is -2.39. The molecule has 0 aliphatic heterocycles. The highest BCUT2D eigenvalue weighted by Gasteiger charge is 2.36. The molecule has 0 spiro atoms. The van der Waals surface area contributed by atoms with E-state index in [1.54, 1.807) is 33.5 Å². The van der Waals surface area contributed by atoms with Gasteiger partial charge in [0.05, 0.1) is 0 Å². The SMILES string of the molecule is CO[Si](CCCCCCCCCCC(F)Oc1ccccc1)(OC)OC. The average Bonchev–Trinajstić information content (AvgIpc) is 2.67. The summed E-state index contributed by atoms with van der Waals surface area (Å²) >= 11 is 0. The summed E-state index contributed by atoms with van der Waals surface area (Å²) in [6, 6.07) is 10.0. The Balaban J connectivity index is 1.93. The Kier molecular flexibility index (Phi) is 12.6. The summed E-state index contributed by atoms with van der Waals surface area (Å²) in [5.74, 6) is 0.600. The molecule has 1 aromatic rings. The Hall–Kier alpha value is -0.953. The molecule has 1 unspecified atom stereocenters. The monoisotopic (exact) mass is 386 g/mol. The molecule has 1 rings (SSSR count). The molecule has 1 aromatic carbocycles. The molecule has 150 valence electrons. The van der Waals surface area contributed by atoms with Gasteiger partial charge in [-0.2, -0.15) is 0 Å². The average molecular weight is 387 g/mol. The van der Waals surface area contributed by atoms with Crippen LogP contribution in [-0.2, 0) is 13.3 Å². The van der Waals surface area contributed by atoms with E-state index in [4.69, 9.17) is 18.0 Å². The second-order valence-corrected chi connectivity index (χ2v) is 9.59. The van der Waals surface area contributed by atoms with Gasteiger partial charge in [-0.05, 0) is 25.0 Å². The number of hydrogen-bond donors (Lipinski definition) is 0. The van der Waals surface area contributed by atoms with Crippen LogP contribution in [0.5, 0.6) is 5.75 Å². The van der Waals surface area contributed by atoms with E-state index < -0.39 is 15.2 Å². The van der Waals surface area contributed by atoms with Gasteiger partial charge in [-0.25, -0.2) is 4.39 Å². The highest BCUT2D eigenvalue weighted by Crippen LogP contribution is 2.19. The molecule has 0 N–H and O–H groups in total. The molecule has 0 aromatic heterocycles. The van der Waals surface area contributed by atoms with Crippen molar-refractivity contribution in [3.63, 3.8) is 0 Å². The minimum Gasteiger partial charge on any atom is -0.460 e. The van der Waals surface area contributed by atoms with E-state index in [2.05, 4.69) is 0 Å². The second kappa shape index (κ2) is 14.1. The van der Waals surface area contributed by atoms with Gasteiger partial charge in [0.1, 0.15) is 5.75 Å². The standard InChI is InChI=1S/C20H35FO4Si/c1-22-26(23-2,24-3)18-14-9-7-5-4-6-8-13-17-20(21)25-19-15-11-10-12-16-19/h10-12,15-16,20H,4-9,13-14,17-18H2,1-3H3. The maximum Gasteiger partial charge on any atom is 0.500 e. The van der Waals surface area contributed by atoms with Crippen LogP contribution in [0, 0.1) is 0 Å². The number of para-hydroxylation sites is 1. The van der Waals surface area contributed by atoms with E-state index in [0.29, 0.717) is 12.2 Å². The smallest absolute Gasteiger partial charge is 0.460 e. The van der Waals surface area contributed by atoms with E-state index in [1.165, 1.54) is 25.7 Å². The first kappa shape index (κ1) is 23.1. The summed E-state index contributed by atoms with van der Waals surface area (Å²) in [5, 5.41) is 0. The zero-order chi connectivity index (χ0) is 19.1. The Morgan fingerprint density at radius 1 is 0.769 bits per heavy atom. The lowest BCUT2D eigenvalue weighted by Crippen LogP contribution is -2.42. The van der Waals surface area contributed by atoms with E-state index in [9.17, 15) is 4.39 Å². The molecule has 0 amide bonds. The molecular formula is C20H35FO4Si. The van der Waals surface area contributed by atoms with Gasteiger partial charge in [0.15, 0.2) is 0 Å². The first-order valence-corrected chi connectivity index (χ1v) is 11.6. The van der Waals surface area contributed by atoms with Crippen LogP contribution in [0.15, 0.2) is 30.3 Å². The topological polar surface area (TPSA) is 36.9 Å². The fraction of sp³-hybridized carbons (Fsp3) is 0.700. The Morgan fingerprint density at radius 3 is 1.81 bits per heavy atom. The quantitative estimate of drug-likeness (QED) is 0.268. The van der Waals surface area contributed by atoms with Crippen molar-refractivity contribution in [3.8, 4) is 5.75 Å². The van der Waals surface area contributed by atoms with Crippen LogP contribution in [0.2, 0.25) is 6.04 Å². The Labute approximate surface area is 159 Å². The highest BCUT2D eigenvalue weighted by atomic mass is 28.4. The number of alkyl halides is 1. The zero-order valence-electron chi connectivity index (χ0n) is 16.5. The molecule has 26 heavy (non-hydrogen) atoms. The lowest BCUT2D eigenvalue weighted by atomic mass is 10.1. The van der Waals surface area contributed by atoms with Gasteiger partial charge in [-0.15, -0.1) is 0 Å². The molecule has 0 saturated heterocycles. The van der Waals surface area contributed by atoms with Gasteiger partial charge in [0.2, 0.25) is 6.36 Å². The van der Waals surface area contributed by atoms with Gasteiger partial charge < -0.3 is 18.0 Å². The van der Waals surface area contributed by atoms with Crippen LogP contribution in [0.4, 0.5) is 4.39 Å². The zero-order valence-corrected chi connectivity index (χ0v) is 17.5. The third-order valence-electron chi connectivity index (χ3n) is 4.60. The molecule has 0 aliphatic rings. The highest BCUT2D eigenvalue weighted by molar-refractivity contribution is 6.60. The summed E-state index contributed by atoms with van der Waals surface area (Å²) < 4.78 is 35.2. The molecular weight excluding hydrogens is 351 g/mol. The predicted octanol–water partition coefficient (Wildman–Crippen LogP) is 5.75. The van der Waals surface area contributed by atoms with Crippen LogP contribution in [0.3, 0.4) is 0 Å². The Morgan fingerprint density at radius 2 is 1.27 bits per heavy atom. The van der Waals surface area contributed by atoms with Crippen molar-refractivity contribution in [3.05, 3.63) is 30.3 Å². The van der Waals surface area contributed by atoms with Crippen molar-refractivity contribution >= 4 is 8.80 Å². The number of benzene rings is 1. The molecule has 0 radical (unpaired) electrons. The lowest BCUT2D eigenvalue weighted by molar-refractivity contribution is 0.0569. The number of halogens is 1. The van der Waals surface area contributed by atoms with Gasteiger partial charge >= 0.3 is 8.80 Å². The van der Waals surface area contributed by atoms with Crippen LogP contribution in [0.1, 0.15) is 57.8 Å². The fourth-order valence-corrected chi connectivity index (χ4v) is 4.76. The number of ether oxygens (including phenoxy) is 1. The van der Waals surface area contributed by atoms with Crippen LogP contribution >= 0.6 is 0 Å². The van der Waals surface area contributed by atoms with E-state index in [-0.39, 0.29) is 0 Å². The molecule has 1 atom stereocenters. The third-order valence-corrected chi connectivity index (χ3v) is 7.44. The molecule has 0 saturated carbocycles.